The quantitative estimate of drug-likeness (QED) is 0.752. The number of carbonyl (C=O) groups excluding carboxylic acids is 3. The van der Waals surface area contributed by atoms with Crippen LogP contribution in [0.4, 0.5) is 0 Å². The van der Waals surface area contributed by atoms with Gasteiger partial charge in [0.25, 0.3) is 0 Å². The monoisotopic (exact) mass is 387 g/mol. The maximum atomic E-state index is 12.8. The summed E-state index contributed by atoms with van der Waals surface area (Å²) in [5.74, 6) is 1.43. The predicted molar refractivity (Wildman–Crippen MR) is 105 cm³/mol. The van der Waals surface area contributed by atoms with Gasteiger partial charge in [-0.05, 0) is 78.8 Å². The second kappa shape index (κ2) is 6.79. The largest absolute Gasteiger partial charge is 0.458 e. The zero-order chi connectivity index (χ0) is 20.3. The van der Waals surface area contributed by atoms with Gasteiger partial charge in [-0.2, -0.15) is 0 Å². The standard InChI is InChI=1S/C23H33NO4/c1-13(25)28-12-21(27)18-5-4-16-15-11-20(24)19-10-14(26)6-8-23(19,3)17(15)7-9-22(16,18)2/h10,15-18,20H,4-9,11-12,24H2,1-3H3/t15-,16-,17-,18+,20-,22-,23+/m0/s1. The zero-order valence-electron chi connectivity index (χ0n) is 17.3. The molecule has 0 aromatic rings. The topological polar surface area (TPSA) is 86.5 Å². The second-order valence-corrected chi connectivity index (χ2v) is 10.1. The molecular weight excluding hydrogens is 354 g/mol. The van der Waals surface area contributed by atoms with E-state index in [0.29, 0.717) is 24.2 Å². The lowest BCUT2D eigenvalue weighted by Crippen LogP contribution is -2.56. The molecule has 2 N–H and O–H groups in total. The molecule has 4 rings (SSSR count). The first-order valence-electron chi connectivity index (χ1n) is 10.8. The molecule has 0 aromatic heterocycles. The molecule has 5 nitrogen and oxygen atoms in total. The minimum atomic E-state index is -0.394. The van der Waals surface area contributed by atoms with Crippen LogP contribution in [-0.2, 0) is 19.1 Å². The summed E-state index contributed by atoms with van der Waals surface area (Å²) in [6.07, 6.45) is 8.35. The molecule has 4 aliphatic rings. The number of fused-ring (bicyclic) bond motifs is 5. The second-order valence-electron chi connectivity index (χ2n) is 10.1. The SMILES string of the molecule is CC(=O)OCC(=O)[C@H]1CC[C@H]2[C@@H]3C[C@H](N)C4=CC(=O)CC[C@]4(C)[C@H]3CC[C@]12C. The van der Waals surface area contributed by atoms with Crippen LogP contribution in [0.2, 0.25) is 0 Å². The highest BCUT2D eigenvalue weighted by Gasteiger charge is 2.61. The lowest BCUT2D eigenvalue weighted by Gasteiger charge is -2.59. The molecule has 28 heavy (non-hydrogen) atoms. The summed E-state index contributed by atoms with van der Waals surface area (Å²) >= 11 is 0. The first-order valence-corrected chi connectivity index (χ1v) is 10.8. The third kappa shape index (κ3) is 2.89. The van der Waals surface area contributed by atoms with Gasteiger partial charge in [0.15, 0.2) is 11.6 Å². The minimum absolute atomic E-state index is 0.0216. The molecule has 3 fully saturated rings. The molecule has 5 heteroatoms. The Bertz CT molecular complexity index is 743. The number of hydrogen-bond donors (Lipinski definition) is 1. The normalized spacial score (nSPS) is 44.8. The Morgan fingerprint density at radius 3 is 2.64 bits per heavy atom. The Labute approximate surface area is 167 Å². The first kappa shape index (κ1) is 19.8. The fourth-order valence-electron chi connectivity index (χ4n) is 7.50. The van der Waals surface area contributed by atoms with Crippen molar-refractivity contribution in [2.45, 2.75) is 71.8 Å². The summed E-state index contributed by atoms with van der Waals surface area (Å²) in [5.41, 5.74) is 7.77. The summed E-state index contributed by atoms with van der Waals surface area (Å²) in [6, 6.07) is -0.0475. The molecule has 0 amide bonds. The molecule has 0 bridgehead atoms. The molecule has 0 heterocycles. The number of rotatable bonds is 3. The van der Waals surface area contributed by atoms with Crippen LogP contribution in [0.3, 0.4) is 0 Å². The van der Waals surface area contributed by atoms with Crippen LogP contribution < -0.4 is 5.73 Å². The van der Waals surface area contributed by atoms with Gasteiger partial charge in [-0.1, -0.05) is 13.8 Å². The van der Waals surface area contributed by atoms with Gasteiger partial charge in [0.05, 0.1) is 0 Å². The van der Waals surface area contributed by atoms with Crippen LogP contribution in [-0.4, -0.2) is 30.2 Å². The van der Waals surface area contributed by atoms with Crippen molar-refractivity contribution in [1.82, 2.24) is 0 Å². The molecule has 0 spiro atoms. The third-order valence-electron chi connectivity index (χ3n) is 8.85. The zero-order valence-corrected chi connectivity index (χ0v) is 17.3. The minimum Gasteiger partial charge on any atom is -0.458 e. The van der Waals surface area contributed by atoms with E-state index in [-0.39, 0.29) is 41.0 Å². The number of ether oxygens (including phenoxy) is 1. The van der Waals surface area contributed by atoms with Crippen molar-refractivity contribution >= 4 is 17.5 Å². The summed E-state index contributed by atoms with van der Waals surface area (Å²) in [7, 11) is 0. The van der Waals surface area contributed by atoms with E-state index in [0.717, 1.165) is 38.5 Å². The summed E-state index contributed by atoms with van der Waals surface area (Å²) in [4.78, 5) is 36.0. The Morgan fingerprint density at radius 2 is 1.93 bits per heavy atom. The fraction of sp³-hybridized carbons (Fsp3) is 0.783. The van der Waals surface area contributed by atoms with E-state index in [1.165, 1.54) is 12.5 Å². The van der Waals surface area contributed by atoms with E-state index in [1.54, 1.807) is 0 Å². The Hall–Kier alpha value is -1.49. The summed E-state index contributed by atoms with van der Waals surface area (Å²) < 4.78 is 5.01. The van der Waals surface area contributed by atoms with E-state index in [9.17, 15) is 14.4 Å². The van der Waals surface area contributed by atoms with Crippen LogP contribution in [0, 0.1) is 34.5 Å². The number of hydrogen-bond acceptors (Lipinski definition) is 5. The van der Waals surface area contributed by atoms with Gasteiger partial charge < -0.3 is 10.5 Å². The summed E-state index contributed by atoms with van der Waals surface area (Å²) in [6.45, 7) is 5.86. The van der Waals surface area contributed by atoms with Crippen molar-refractivity contribution in [1.29, 1.82) is 0 Å². The molecule has 0 unspecified atom stereocenters. The molecule has 4 aliphatic carbocycles. The van der Waals surface area contributed by atoms with Gasteiger partial charge >= 0.3 is 5.97 Å². The number of ketones is 2. The maximum Gasteiger partial charge on any atom is 0.303 e. The number of esters is 1. The van der Waals surface area contributed by atoms with Crippen molar-refractivity contribution in [3.8, 4) is 0 Å². The van der Waals surface area contributed by atoms with E-state index in [2.05, 4.69) is 13.8 Å². The molecule has 0 aromatic carbocycles. The van der Waals surface area contributed by atoms with Gasteiger partial charge in [-0.15, -0.1) is 0 Å². The van der Waals surface area contributed by atoms with E-state index in [1.807, 2.05) is 6.08 Å². The Morgan fingerprint density at radius 1 is 1.18 bits per heavy atom. The van der Waals surface area contributed by atoms with Crippen molar-refractivity contribution in [2.24, 2.45) is 40.2 Å². The molecule has 0 radical (unpaired) electrons. The van der Waals surface area contributed by atoms with Crippen molar-refractivity contribution in [2.75, 3.05) is 6.61 Å². The third-order valence-corrected chi connectivity index (χ3v) is 8.85. The summed E-state index contributed by atoms with van der Waals surface area (Å²) in [5, 5.41) is 0. The van der Waals surface area contributed by atoms with Crippen molar-refractivity contribution in [3.63, 3.8) is 0 Å². The average molecular weight is 388 g/mol. The number of carbonyl (C=O) groups is 3. The van der Waals surface area contributed by atoms with E-state index >= 15 is 0 Å². The molecular formula is C23H33NO4. The lowest BCUT2D eigenvalue weighted by molar-refractivity contribution is -0.149. The van der Waals surface area contributed by atoms with Gasteiger partial charge in [-0.3, -0.25) is 14.4 Å². The Balaban J connectivity index is 1.59. The number of Topliss-reactive ketones (excluding diaryl/α,β-unsaturated/α-hetero) is 1. The van der Waals surface area contributed by atoms with Crippen LogP contribution in [0.25, 0.3) is 0 Å². The molecule has 0 aliphatic heterocycles. The molecule has 3 saturated carbocycles. The van der Waals surface area contributed by atoms with Crippen LogP contribution in [0.5, 0.6) is 0 Å². The Kier molecular flexibility index (Phi) is 4.80. The van der Waals surface area contributed by atoms with Crippen LogP contribution >= 0.6 is 0 Å². The molecule has 7 atom stereocenters. The molecule has 154 valence electrons. The average Bonchev–Trinajstić information content (AvgIpc) is 2.99. The van der Waals surface area contributed by atoms with Crippen molar-refractivity contribution < 1.29 is 19.1 Å². The number of nitrogens with two attached hydrogens (primary N) is 1. The van der Waals surface area contributed by atoms with Crippen LogP contribution in [0.15, 0.2) is 11.6 Å². The predicted octanol–water partition coefficient (Wildman–Crippen LogP) is 3.20. The van der Waals surface area contributed by atoms with Gasteiger partial charge in [-0.25, -0.2) is 0 Å². The van der Waals surface area contributed by atoms with E-state index < -0.39 is 5.97 Å². The van der Waals surface area contributed by atoms with Gasteiger partial charge in [0.1, 0.15) is 6.61 Å². The molecule has 0 saturated heterocycles. The highest BCUT2D eigenvalue weighted by atomic mass is 16.5. The van der Waals surface area contributed by atoms with Gasteiger partial charge in [0, 0.05) is 25.3 Å². The smallest absolute Gasteiger partial charge is 0.303 e. The van der Waals surface area contributed by atoms with Gasteiger partial charge in [0.2, 0.25) is 0 Å². The van der Waals surface area contributed by atoms with E-state index in [4.69, 9.17) is 10.5 Å². The lowest BCUT2D eigenvalue weighted by atomic mass is 9.46. The fourth-order valence-corrected chi connectivity index (χ4v) is 7.50. The van der Waals surface area contributed by atoms with Crippen molar-refractivity contribution in [3.05, 3.63) is 11.6 Å². The highest BCUT2D eigenvalue weighted by molar-refractivity contribution is 5.92. The first-order chi connectivity index (χ1) is 13.2. The highest BCUT2D eigenvalue weighted by Crippen LogP contribution is 2.66. The maximum absolute atomic E-state index is 12.8. The van der Waals surface area contributed by atoms with Crippen LogP contribution in [0.1, 0.15) is 65.7 Å².